The fraction of sp³-hybridized carbons (Fsp3) is 0.435. The fourth-order valence-electron chi connectivity index (χ4n) is 4.24. The summed E-state index contributed by atoms with van der Waals surface area (Å²) in [6, 6.07) is 11.6. The Hall–Kier alpha value is -2.38. The van der Waals surface area contributed by atoms with Gasteiger partial charge in [0.2, 0.25) is 15.9 Å². The summed E-state index contributed by atoms with van der Waals surface area (Å²) in [4.78, 5) is 14.7. The molecule has 6 nitrogen and oxygen atoms in total. The van der Waals surface area contributed by atoms with Gasteiger partial charge in [-0.25, -0.2) is 8.42 Å². The van der Waals surface area contributed by atoms with E-state index in [4.69, 9.17) is 0 Å². The summed E-state index contributed by atoms with van der Waals surface area (Å²) in [6.07, 6.45) is 3.08. The molecule has 30 heavy (non-hydrogen) atoms. The first-order valence-corrected chi connectivity index (χ1v) is 12.0. The minimum absolute atomic E-state index is 0.00881. The van der Waals surface area contributed by atoms with Gasteiger partial charge in [0.05, 0.1) is 11.4 Å². The standard InChI is InChI=1S/C23H29N3O3S/c1-17-6-7-18(2)22(14-17)24-16-23(27)25-10-12-26(13-11-25)30(28,29)21-9-8-19-4-3-5-20(19)15-21/h6-9,14-15,24H,3-5,10-13,16H2,1-2H3. The predicted octanol–water partition coefficient (Wildman–Crippen LogP) is 2.74. The summed E-state index contributed by atoms with van der Waals surface area (Å²) in [6.45, 7) is 5.72. The molecule has 0 aromatic heterocycles. The van der Waals surface area contributed by atoms with Crippen molar-refractivity contribution in [3.05, 3.63) is 58.7 Å². The van der Waals surface area contributed by atoms with Crippen LogP contribution in [0.15, 0.2) is 41.3 Å². The Morgan fingerprint density at radius 3 is 2.47 bits per heavy atom. The van der Waals surface area contributed by atoms with Gasteiger partial charge in [0.1, 0.15) is 0 Å². The molecule has 1 heterocycles. The molecule has 1 aliphatic heterocycles. The third kappa shape index (κ3) is 4.23. The van der Waals surface area contributed by atoms with E-state index in [1.807, 2.05) is 44.2 Å². The number of nitrogens with one attached hydrogen (secondary N) is 1. The molecule has 0 saturated carbocycles. The molecule has 160 valence electrons. The second kappa shape index (κ2) is 8.40. The van der Waals surface area contributed by atoms with Crippen molar-refractivity contribution < 1.29 is 13.2 Å². The molecule has 0 radical (unpaired) electrons. The summed E-state index contributed by atoms with van der Waals surface area (Å²) < 4.78 is 27.6. The number of carbonyl (C=O) groups is 1. The molecule has 1 aliphatic carbocycles. The Balaban J connectivity index is 1.35. The second-order valence-electron chi connectivity index (χ2n) is 8.24. The van der Waals surface area contributed by atoms with Crippen LogP contribution in [0.3, 0.4) is 0 Å². The molecule has 0 spiro atoms. The number of aryl methyl sites for hydroxylation is 4. The second-order valence-corrected chi connectivity index (χ2v) is 10.2. The molecule has 2 aromatic carbocycles. The molecule has 2 aromatic rings. The maximum Gasteiger partial charge on any atom is 0.243 e. The molecule has 7 heteroatoms. The third-order valence-electron chi connectivity index (χ3n) is 6.12. The van der Waals surface area contributed by atoms with Crippen LogP contribution in [0.2, 0.25) is 0 Å². The van der Waals surface area contributed by atoms with Gasteiger partial charge in [0, 0.05) is 31.9 Å². The van der Waals surface area contributed by atoms with Crippen LogP contribution in [0.4, 0.5) is 5.69 Å². The van der Waals surface area contributed by atoms with Crippen molar-refractivity contribution in [2.75, 3.05) is 38.0 Å². The van der Waals surface area contributed by atoms with Crippen molar-refractivity contribution in [2.45, 2.75) is 38.0 Å². The Kier molecular flexibility index (Phi) is 5.84. The first-order chi connectivity index (χ1) is 14.3. The van der Waals surface area contributed by atoms with Crippen molar-refractivity contribution >= 4 is 21.6 Å². The lowest BCUT2D eigenvalue weighted by atomic mass is 10.1. The van der Waals surface area contributed by atoms with E-state index in [0.717, 1.165) is 41.6 Å². The summed E-state index contributed by atoms with van der Waals surface area (Å²) in [5.41, 5.74) is 5.61. The van der Waals surface area contributed by atoms with E-state index in [0.29, 0.717) is 31.1 Å². The Bertz CT molecular complexity index is 1060. The van der Waals surface area contributed by atoms with E-state index in [-0.39, 0.29) is 12.5 Å². The number of hydrogen-bond donors (Lipinski definition) is 1. The molecule has 0 bridgehead atoms. The fourth-order valence-corrected chi connectivity index (χ4v) is 5.72. The highest BCUT2D eigenvalue weighted by Crippen LogP contribution is 2.26. The molecule has 4 rings (SSSR count). The molecule has 1 saturated heterocycles. The third-order valence-corrected chi connectivity index (χ3v) is 8.02. The molecule has 1 N–H and O–H groups in total. The smallest absolute Gasteiger partial charge is 0.243 e. The average molecular weight is 428 g/mol. The van der Waals surface area contributed by atoms with E-state index in [1.54, 1.807) is 11.0 Å². The molecular weight excluding hydrogens is 398 g/mol. The van der Waals surface area contributed by atoms with E-state index < -0.39 is 10.0 Å². The monoisotopic (exact) mass is 427 g/mol. The molecule has 2 aliphatic rings. The van der Waals surface area contributed by atoms with Gasteiger partial charge in [0.15, 0.2) is 0 Å². The van der Waals surface area contributed by atoms with Gasteiger partial charge >= 0.3 is 0 Å². The van der Waals surface area contributed by atoms with Crippen LogP contribution in [0.1, 0.15) is 28.7 Å². The van der Waals surface area contributed by atoms with Crippen LogP contribution in [0, 0.1) is 13.8 Å². The number of anilines is 1. The maximum absolute atomic E-state index is 13.1. The van der Waals surface area contributed by atoms with Crippen LogP contribution in [0.5, 0.6) is 0 Å². The number of hydrogen-bond acceptors (Lipinski definition) is 4. The van der Waals surface area contributed by atoms with Gasteiger partial charge in [-0.1, -0.05) is 18.2 Å². The van der Waals surface area contributed by atoms with Crippen LogP contribution in [-0.2, 0) is 27.7 Å². The number of carbonyl (C=O) groups excluding carboxylic acids is 1. The summed E-state index contributed by atoms with van der Waals surface area (Å²) in [5, 5.41) is 3.22. The van der Waals surface area contributed by atoms with E-state index in [2.05, 4.69) is 5.32 Å². The number of sulfonamides is 1. The minimum Gasteiger partial charge on any atom is -0.376 e. The van der Waals surface area contributed by atoms with Gasteiger partial charge in [-0.05, 0) is 73.6 Å². The number of benzene rings is 2. The topological polar surface area (TPSA) is 69.7 Å². The number of rotatable bonds is 5. The van der Waals surface area contributed by atoms with Crippen molar-refractivity contribution in [3.63, 3.8) is 0 Å². The predicted molar refractivity (Wildman–Crippen MR) is 118 cm³/mol. The molecule has 1 amide bonds. The lowest BCUT2D eigenvalue weighted by Gasteiger charge is -2.34. The minimum atomic E-state index is -3.52. The summed E-state index contributed by atoms with van der Waals surface area (Å²) in [5.74, 6) is -0.00881. The summed E-state index contributed by atoms with van der Waals surface area (Å²) >= 11 is 0. The van der Waals surface area contributed by atoms with Crippen LogP contribution in [-0.4, -0.2) is 56.3 Å². The number of nitrogens with zero attached hydrogens (tertiary/aromatic N) is 2. The normalized spacial score (nSPS) is 17.1. The SMILES string of the molecule is Cc1ccc(C)c(NCC(=O)N2CCN(S(=O)(=O)c3ccc4c(c3)CCC4)CC2)c1. The summed E-state index contributed by atoms with van der Waals surface area (Å²) in [7, 11) is -3.52. The van der Waals surface area contributed by atoms with Crippen LogP contribution < -0.4 is 5.32 Å². The van der Waals surface area contributed by atoms with Gasteiger partial charge in [0.25, 0.3) is 0 Å². The number of piperazine rings is 1. The molecule has 0 atom stereocenters. The van der Waals surface area contributed by atoms with Gasteiger partial charge in [-0.3, -0.25) is 4.79 Å². The van der Waals surface area contributed by atoms with E-state index in [1.165, 1.54) is 9.87 Å². The lowest BCUT2D eigenvalue weighted by molar-refractivity contribution is -0.130. The lowest BCUT2D eigenvalue weighted by Crippen LogP contribution is -2.51. The molecule has 0 unspecified atom stereocenters. The van der Waals surface area contributed by atoms with Crippen molar-refractivity contribution in [3.8, 4) is 0 Å². The highest BCUT2D eigenvalue weighted by molar-refractivity contribution is 7.89. The number of amides is 1. The first kappa shape index (κ1) is 20.9. The van der Waals surface area contributed by atoms with Crippen molar-refractivity contribution in [2.24, 2.45) is 0 Å². The Morgan fingerprint density at radius 2 is 1.70 bits per heavy atom. The van der Waals surface area contributed by atoms with Crippen molar-refractivity contribution in [1.29, 1.82) is 0 Å². The van der Waals surface area contributed by atoms with E-state index in [9.17, 15) is 13.2 Å². The van der Waals surface area contributed by atoms with E-state index >= 15 is 0 Å². The zero-order chi connectivity index (χ0) is 21.3. The molecular formula is C23H29N3O3S. The zero-order valence-electron chi connectivity index (χ0n) is 17.6. The van der Waals surface area contributed by atoms with Gasteiger partial charge in [-0.15, -0.1) is 0 Å². The Morgan fingerprint density at radius 1 is 0.967 bits per heavy atom. The maximum atomic E-state index is 13.1. The Labute approximate surface area is 178 Å². The first-order valence-electron chi connectivity index (χ1n) is 10.6. The molecule has 1 fully saturated rings. The quantitative estimate of drug-likeness (QED) is 0.797. The largest absolute Gasteiger partial charge is 0.376 e. The van der Waals surface area contributed by atoms with Crippen LogP contribution >= 0.6 is 0 Å². The van der Waals surface area contributed by atoms with Crippen LogP contribution in [0.25, 0.3) is 0 Å². The zero-order valence-corrected chi connectivity index (χ0v) is 18.5. The highest BCUT2D eigenvalue weighted by atomic mass is 32.2. The number of fused-ring (bicyclic) bond motifs is 1. The van der Waals surface area contributed by atoms with Gasteiger partial charge in [-0.2, -0.15) is 4.31 Å². The average Bonchev–Trinajstić information content (AvgIpc) is 3.22. The van der Waals surface area contributed by atoms with Gasteiger partial charge < -0.3 is 10.2 Å². The highest BCUT2D eigenvalue weighted by Gasteiger charge is 2.30. The van der Waals surface area contributed by atoms with Crippen molar-refractivity contribution in [1.82, 2.24) is 9.21 Å².